The smallest absolute Gasteiger partial charge is 0.263 e. The maximum absolute atomic E-state index is 12.7. The van der Waals surface area contributed by atoms with Crippen LogP contribution in [0.4, 0.5) is 0 Å². The fourth-order valence-corrected chi connectivity index (χ4v) is 5.01. The number of benzene rings is 2. The van der Waals surface area contributed by atoms with Crippen molar-refractivity contribution in [2.45, 2.75) is 24.7 Å². The molecule has 1 aliphatic rings. The second kappa shape index (κ2) is 7.91. The summed E-state index contributed by atoms with van der Waals surface area (Å²) in [6.45, 7) is 2.30. The Morgan fingerprint density at radius 1 is 1.04 bits per heavy atom. The quantitative estimate of drug-likeness (QED) is 0.827. The summed E-state index contributed by atoms with van der Waals surface area (Å²) in [5, 5.41) is -0.563. The highest BCUT2D eigenvalue weighted by Crippen LogP contribution is 2.29. The average molecular weight is 373 g/mol. The van der Waals surface area contributed by atoms with E-state index in [-0.39, 0.29) is 18.2 Å². The summed E-state index contributed by atoms with van der Waals surface area (Å²) in [6.07, 6.45) is -0.260. The van der Waals surface area contributed by atoms with Crippen LogP contribution in [0, 0.1) is 0 Å². The molecule has 1 heterocycles. The average Bonchev–Trinajstić information content (AvgIpc) is 2.80. The van der Waals surface area contributed by atoms with E-state index in [0.717, 1.165) is 5.56 Å². The van der Waals surface area contributed by atoms with Crippen LogP contribution in [0.3, 0.4) is 0 Å². The van der Waals surface area contributed by atoms with Crippen LogP contribution in [-0.2, 0) is 14.6 Å². The van der Waals surface area contributed by atoms with Crippen molar-refractivity contribution in [3.63, 3.8) is 0 Å². The molecule has 2 aromatic rings. The molecule has 0 N–H and O–H groups in total. The van der Waals surface area contributed by atoms with Crippen LogP contribution in [0.2, 0.25) is 0 Å². The first-order valence-electron chi connectivity index (χ1n) is 8.74. The predicted molar refractivity (Wildman–Crippen MR) is 101 cm³/mol. The first-order valence-corrected chi connectivity index (χ1v) is 10.5. The number of hydrogen-bond acceptors (Lipinski definition) is 4. The lowest BCUT2D eigenvalue weighted by molar-refractivity contribution is -0.137. The fourth-order valence-electron chi connectivity index (χ4n) is 3.22. The van der Waals surface area contributed by atoms with Crippen molar-refractivity contribution < 1.29 is 17.9 Å². The molecule has 1 aliphatic heterocycles. The molecule has 2 aromatic carbocycles. The van der Waals surface area contributed by atoms with Gasteiger partial charge in [-0.3, -0.25) is 4.79 Å². The standard InChI is InChI=1S/C20H23NO4S/c1-16(25-18-10-6-3-7-11-18)20(22)21-13-12-19(26(23,24)15-14-21)17-8-4-2-5-9-17/h2-11,16,19H,12-15H2,1H3. The summed E-state index contributed by atoms with van der Waals surface area (Å²) in [6, 6.07) is 18.4. The zero-order chi connectivity index (χ0) is 18.6. The second-order valence-electron chi connectivity index (χ2n) is 6.45. The van der Waals surface area contributed by atoms with Crippen molar-refractivity contribution in [1.82, 2.24) is 4.90 Å². The lowest BCUT2D eigenvalue weighted by Gasteiger charge is -2.24. The van der Waals surface area contributed by atoms with Gasteiger partial charge >= 0.3 is 0 Å². The van der Waals surface area contributed by atoms with Gasteiger partial charge in [-0.1, -0.05) is 48.5 Å². The van der Waals surface area contributed by atoms with Crippen LogP contribution >= 0.6 is 0 Å². The number of carbonyl (C=O) groups is 1. The van der Waals surface area contributed by atoms with Crippen LogP contribution < -0.4 is 4.74 Å². The minimum absolute atomic E-state index is 0.0314. The van der Waals surface area contributed by atoms with Crippen molar-refractivity contribution in [2.24, 2.45) is 0 Å². The molecule has 0 aromatic heterocycles. The second-order valence-corrected chi connectivity index (χ2v) is 8.76. The van der Waals surface area contributed by atoms with Gasteiger partial charge in [0.05, 0.1) is 11.0 Å². The van der Waals surface area contributed by atoms with E-state index in [2.05, 4.69) is 0 Å². The largest absolute Gasteiger partial charge is 0.481 e. The molecule has 0 spiro atoms. The third-order valence-electron chi connectivity index (χ3n) is 4.63. The molecule has 1 saturated heterocycles. The van der Waals surface area contributed by atoms with Gasteiger partial charge in [-0.05, 0) is 31.0 Å². The highest BCUT2D eigenvalue weighted by molar-refractivity contribution is 7.91. The van der Waals surface area contributed by atoms with Gasteiger partial charge in [0.25, 0.3) is 5.91 Å². The van der Waals surface area contributed by atoms with E-state index in [1.165, 1.54) is 0 Å². The summed E-state index contributed by atoms with van der Waals surface area (Å²) in [5.41, 5.74) is 0.787. The third-order valence-corrected chi connectivity index (χ3v) is 6.75. The number of carbonyl (C=O) groups excluding carboxylic acids is 1. The molecular weight excluding hydrogens is 350 g/mol. The van der Waals surface area contributed by atoms with Gasteiger partial charge < -0.3 is 9.64 Å². The van der Waals surface area contributed by atoms with Crippen molar-refractivity contribution in [3.05, 3.63) is 66.2 Å². The summed E-state index contributed by atoms with van der Waals surface area (Å²) in [7, 11) is -3.30. The van der Waals surface area contributed by atoms with E-state index in [4.69, 9.17) is 4.74 Å². The molecule has 5 nitrogen and oxygen atoms in total. The Hall–Kier alpha value is -2.34. The molecular formula is C20H23NO4S. The molecule has 138 valence electrons. The summed E-state index contributed by atoms with van der Waals surface area (Å²) in [5.74, 6) is 0.409. The zero-order valence-electron chi connectivity index (χ0n) is 14.7. The first kappa shape index (κ1) is 18.5. The van der Waals surface area contributed by atoms with E-state index in [9.17, 15) is 13.2 Å². The molecule has 0 radical (unpaired) electrons. The van der Waals surface area contributed by atoms with Crippen LogP contribution in [0.15, 0.2) is 60.7 Å². The number of sulfone groups is 1. The minimum atomic E-state index is -3.30. The number of rotatable bonds is 4. The van der Waals surface area contributed by atoms with Gasteiger partial charge in [0.1, 0.15) is 5.75 Å². The molecule has 1 fully saturated rings. The Morgan fingerprint density at radius 2 is 1.65 bits per heavy atom. The van der Waals surface area contributed by atoms with Gasteiger partial charge in [-0.15, -0.1) is 0 Å². The lowest BCUT2D eigenvalue weighted by atomic mass is 10.1. The monoisotopic (exact) mass is 373 g/mol. The molecule has 26 heavy (non-hydrogen) atoms. The highest BCUT2D eigenvalue weighted by atomic mass is 32.2. The summed E-state index contributed by atoms with van der Waals surface area (Å²) >= 11 is 0. The number of ether oxygens (including phenoxy) is 1. The zero-order valence-corrected chi connectivity index (χ0v) is 15.6. The molecule has 0 bridgehead atoms. The van der Waals surface area contributed by atoms with Crippen LogP contribution in [0.25, 0.3) is 0 Å². The van der Waals surface area contributed by atoms with E-state index in [0.29, 0.717) is 18.7 Å². The van der Waals surface area contributed by atoms with E-state index in [1.54, 1.807) is 24.0 Å². The van der Waals surface area contributed by atoms with Crippen LogP contribution in [0.5, 0.6) is 5.75 Å². The number of hydrogen-bond donors (Lipinski definition) is 0. The molecule has 6 heteroatoms. The third kappa shape index (κ3) is 4.25. The van der Waals surface area contributed by atoms with Crippen molar-refractivity contribution in [3.8, 4) is 5.75 Å². The summed E-state index contributed by atoms with van der Waals surface area (Å²) in [4.78, 5) is 14.3. The maximum Gasteiger partial charge on any atom is 0.263 e. The highest BCUT2D eigenvalue weighted by Gasteiger charge is 2.34. The Labute approximate surface area is 154 Å². The Kier molecular flexibility index (Phi) is 5.61. The van der Waals surface area contributed by atoms with Crippen LogP contribution in [0.1, 0.15) is 24.2 Å². The normalized spacial score (nSPS) is 20.8. The molecule has 3 rings (SSSR count). The van der Waals surface area contributed by atoms with Gasteiger partial charge in [-0.25, -0.2) is 8.42 Å². The molecule has 1 amide bonds. The number of para-hydroxylation sites is 1. The topological polar surface area (TPSA) is 63.7 Å². The first-order chi connectivity index (χ1) is 12.5. The lowest BCUT2D eigenvalue weighted by Crippen LogP contribution is -2.41. The summed E-state index contributed by atoms with van der Waals surface area (Å²) < 4.78 is 31.0. The van der Waals surface area contributed by atoms with Gasteiger partial charge in [0.2, 0.25) is 0 Å². The molecule has 2 unspecified atom stereocenters. The van der Waals surface area contributed by atoms with E-state index in [1.807, 2.05) is 48.5 Å². The number of nitrogens with zero attached hydrogens (tertiary/aromatic N) is 1. The molecule has 0 aliphatic carbocycles. The maximum atomic E-state index is 12.7. The van der Waals surface area contributed by atoms with Gasteiger partial charge in [0, 0.05) is 13.1 Å². The SMILES string of the molecule is CC(Oc1ccccc1)C(=O)N1CCC(c2ccccc2)S(=O)(=O)CC1. The van der Waals surface area contributed by atoms with Gasteiger partial charge in [0.15, 0.2) is 15.9 Å². The molecule has 2 atom stereocenters. The fraction of sp³-hybridized carbons (Fsp3) is 0.350. The Bertz CT molecular complexity index is 837. The van der Waals surface area contributed by atoms with Crippen molar-refractivity contribution in [2.75, 3.05) is 18.8 Å². The Morgan fingerprint density at radius 3 is 2.31 bits per heavy atom. The van der Waals surface area contributed by atoms with Crippen molar-refractivity contribution >= 4 is 15.7 Å². The van der Waals surface area contributed by atoms with Crippen molar-refractivity contribution in [1.29, 1.82) is 0 Å². The minimum Gasteiger partial charge on any atom is -0.481 e. The van der Waals surface area contributed by atoms with E-state index >= 15 is 0 Å². The number of amides is 1. The van der Waals surface area contributed by atoms with E-state index < -0.39 is 21.2 Å². The van der Waals surface area contributed by atoms with Gasteiger partial charge in [-0.2, -0.15) is 0 Å². The Balaban J connectivity index is 1.70. The molecule has 0 saturated carbocycles. The van der Waals surface area contributed by atoms with Crippen LogP contribution in [-0.4, -0.2) is 44.2 Å². The predicted octanol–water partition coefficient (Wildman–Crippen LogP) is 2.84.